The number of rotatable bonds is 6. The largest absolute Gasteiger partial charge is 0.503 e. The molecule has 0 spiro atoms. The molecular formula is C20H22N2O6. The van der Waals surface area contributed by atoms with E-state index in [2.05, 4.69) is 4.90 Å². The van der Waals surface area contributed by atoms with E-state index < -0.39 is 23.5 Å². The van der Waals surface area contributed by atoms with E-state index in [0.717, 1.165) is 13.1 Å². The number of aryl methyl sites for hydroxylation is 1. The van der Waals surface area contributed by atoms with Crippen LogP contribution in [-0.4, -0.2) is 66.0 Å². The third-order valence-electron chi connectivity index (χ3n) is 5.08. The summed E-state index contributed by atoms with van der Waals surface area (Å²) in [6.07, 6.45) is 1.38. The monoisotopic (exact) mass is 386 g/mol. The number of hydrogen-bond donors (Lipinski definition) is 1. The Kier molecular flexibility index (Phi) is 5.06. The normalized spacial score (nSPS) is 21.0. The highest BCUT2D eigenvalue weighted by molar-refractivity contribution is 6.14. The molecule has 8 heteroatoms. The van der Waals surface area contributed by atoms with Crippen LogP contribution in [0.25, 0.3) is 0 Å². The number of morpholine rings is 1. The molecule has 0 saturated carbocycles. The summed E-state index contributed by atoms with van der Waals surface area (Å²) in [4.78, 5) is 29.4. The Morgan fingerprint density at radius 3 is 2.64 bits per heavy atom. The van der Waals surface area contributed by atoms with E-state index in [-0.39, 0.29) is 11.3 Å². The highest BCUT2D eigenvalue weighted by atomic mass is 16.5. The fourth-order valence-electron chi connectivity index (χ4n) is 3.63. The number of carbonyl (C=O) groups is 2. The molecule has 2 aliphatic heterocycles. The van der Waals surface area contributed by atoms with Crippen molar-refractivity contribution < 1.29 is 28.3 Å². The molecule has 1 fully saturated rings. The number of furan rings is 2. The molecule has 28 heavy (non-hydrogen) atoms. The van der Waals surface area contributed by atoms with Crippen LogP contribution >= 0.6 is 0 Å². The van der Waals surface area contributed by atoms with Gasteiger partial charge in [0.1, 0.15) is 17.6 Å². The van der Waals surface area contributed by atoms with Crippen LogP contribution in [0.15, 0.2) is 50.7 Å². The third kappa shape index (κ3) is 3.36. The second kappa shape index (κ2) is 7.65. The lowest BCUT2D eigenvalue weighted by molar-refractivity contribution is -0.130. The molecule has 4 rings (SSSR count). The molecule has 0 bridgehead atoms. The smallest absolute Gasteiger partial charge is 0.290 e. The second-order valence-corrected chi connectivity index (χ2v) is 6.87. The third-order valence-corrected chi connectivity index (χ3v) is 5.08. The first-order valence-corrected chi connectivity index (χ1v) is 9.25. The summed E-state index contributed by atoms with van der Waals surface area (Å²) < 4.78 is 16.3. The van der Waals surface area contributed by atoms with Crippen LogP contribution in [0.1, 0.15) is 28.1 Å². The Balaban J connectivity index is 1.64. The molecule has 2 aliphatic rings. The van der Waals surface area contributed by atoms with Gasteiger partial charge in [-0.2, -0.15) is 0 Å². The summed E-state index contributed by atoms with van der Waals surface area (Å²) in [6, 6.07) is 5.80. The van der Waals surface area contributed by atoms with Crippen molar-refractivity contribution in [3.8, 4) is 0 Å². The van der Waals surface area contributed by atoms with Crippen molar-refractivity contribution in [2.45, 2.75) is 13.0 Å². The average Bonchev–Trinajstić information content (AvgIpc) is 3.43. The van der Waals surface area contributed by atoms with Gasteiger partial charge in [-0.3, -0.25) is 14.5 Å². The molecule has 1 N–H and O–H groups in total. The summed E-state index contributed by atoms with van der Waals surface area (Å²) in [6.45, 7) is 5.62. The summed E-state index contributed by atoms with van der Waals surface area (Å²) in [7, 11) is 0. The first-order valence-electron chi connectivity index (χ1n) is 9.25. The maximum absolute atomic E-state index is 12.9. The van der Waals surface area contributed by atoms with Crippen molar-refractivity contribution in [2.24, 2.45) is 0 Å². The van der Waals surface area contributed by atoms with E-state index in [1.54, 1.807) is 25.1 Å². The lowest BCUT2D eigenvalue weighted by Crippen LogP contribution is -2.43. The van der Waals surface area contributed by atoms with E-state index in [0.29, 0.717) is 37.8 Å². The standard InChI is InChI=1S/C20H22N2O6/c1-13-4-5-14(28-13)17-16(18(23)15-3-2-10-27-15)19(24)20(25)22(17)7-6-21-8-11-26-12-9-21/h2-5,10,17,24H,6-9,11-12H2,1H3/t17-/m1/s1. The van der Waals surface area contributed by atoms with Gasteiger partial charge in [0.2, 0.25) is 5.78 Å². The number of aliphatic hydroxyl groups is 1. The molecule has 0 unspecified atom stereocenters. The van der Waals surface area contributed by atoms with E-state index in [1.165, 1.54) is 17.2 Å². The van der Waals surface area contributed by atoms with Crippen LogP contribution in [0.5, 0.6) is 0 Å². The summed E-state index contributed by atoms with van der Waals surface area (Å²) in [5, 5.41) is 10.5. The molecular weight excluding hydrogens is 364 g/mol. The fourth-order valence-corrected chi connectivity index (χ4v) is 3.63. The van der Waals surface area contributed by atoms with Crippen LogP contribution in [-0.2, 0) is 9.53 Å². The number of nitrogens with zero attached hydrogens (tertiary/aromatic N) is 2. The van der Waals surface area contributed by atoms with Gasteiger partial charge in [0, 0.05) is 26.2 Å². The number of ether oxygens (including phenoxy) is 1. The minimum atomic E-state index is -0.792. The molecule has 2 aromatic rings. The maximum atomic E-state index is 12.9. The Bertz CT molecular complexity index is 892. The zero-order chi connectivity index (χ0) is 19.7. The van der Waals surface area contributed by atoms with Crippen molar-refractivity contribution >= 4 is 11.7 Å². The summed E-state index contributed by atoms with van der Waals surface area (Å²) in [5.41, 5.74) is -0.0173. The Hall–Kier alpha value is -2.84. The van der Waals surface area contributed by atoms with Gasteiger partial charge in [0.25, 0.3) is 5.91 Å². The minimum Gasteiger partial charge on any atom is -0.503 e. The minimum absolute atomic E-state index is 0.0173. The molecule has 8 nitrogen and oxygen atoms in total. The first kappa shape index (κ1) is 18.5. The molecule has 0 aliphatic carbocycles. The van der Waals surface area contributed by atoms with Gasteiger partial charge >= 0.3 is 0 Å². The number of aliphatic hydroxyl groups excluding tert-OH is 1. The molecule has 0 aromatic carbocycles. The molecule has 1 saturated heterocycles. The lowest BCUT2D eigenvalue weighted by Gasteiger charge is -2.30. The van der Waals surface area contributed by atoms with Crippen molar-refractivity contribution in [1.29, 1.82) is 0 Å². The van der Waals surface area contributed by atoms with Gasteiger partial charge in [0.15, 0.2) is 11.5 Å². The number of Topliss-reactive ketones (excluding diaryl/α,β-unsaturated/α-hetero) is 1. The maximum Gasteiger partial charge on any atom is 0.290 e. The fraction of sp³-hybridized carbons (Fsp3) is 0.400. The highest BCUT2D eigenvalue weighted by Crippen LogP contribution is 2.39. The Labute approximate surface area is 162 Å². The topological polar surface area (TPSA) is 96.4 Å². The quantitative estimate of drug-likeness (QED) is 0.760. The predicted octanol–water partition coefficient (Wildman–Crippen LogP) is 2.09. The molecule has 148 valence electrons. The van der Waals surface area contributed by atoms with Gasteiger partial charge in [-0.05, 0) is 31.2 Å². The summed E-state index contributed by atoms with van der Waals surface area (Å²) >= 11 is 0. The molecule has 1 atom stereocenters. The van der Waals surface area contributed by atoms with Crippen LogP contribution < -0.4 is 0 Å². The molecule has 4 heterocycles. The van der Waals surface area contributed by atoms with E-state index in [4.69, 9.17) is 13.6 Å². The SMILES string of the molecule is Cc1ccc([C@@H]2C(C(=O)c3ccco3)=C(O)C(=O)N2CCN2CCOCC2)o1. The van der Waals surface area contributed by atoms with Crippen molar-refractivity contribution in [2.75, 3.05) is 39.4 Å². The molecule has 0 radical (unpaired) electrons. The first-order chi connectivity index (χ1) is 13.6. The molecule has 2 aromatic heterocycles. The van der Waals surface area contributed by atoms with Gasteiger partial charge in [0.05, 0.1) is 25.1 Å². The van der Waals surface area contributed by atoms with Gasteiger partial charge in [-0.25, -0.2) is 0 Å². The number of hydrogen-bond acceptors (Lipinski definition) is 7. The Morgan fingerprint density at radius 1 is 1.21 bits per heavy atom. The summed E-state index contributed by atoms with van der Waals surface area (Å²) in [5.74, 6) is -0.496. The zero-order valence-corrected chi connectivity index (χ0v) is 15.6. The van der Waals surface area contributed by atoms with Gasteiger partial charge < -0.3 is 23.6 Å². The highest BCUT2D eigenvalue weighted by Gasteiger charge is 2.45. The van der Waals surface area contributed by atoms with Crippen molar-refractivity contribution in [3.05, 3.63) is 59.1 Å². The van der Waals surface area contributed by atoms with E-state index >= 15 is 0 Å². The number of carbonyl (C=O) groups excluding carboxylic acids is 2. The van der Waals surface area contributed by atoms with E-state index in [9.17, 15) is 14.7 Å². The number of amides is 1. The van der Waals surface area contributed by atoms with Crippen LogP contribution in [0.4, 0.5) is 0 Å². The van der Waals surface area contributed by atoms with Gasteiger partial charge in [-0.1, -0.05) is 0 Å². The average molecular weight is 386 g/mol. The van der Waals surface area contributed by atoms with Crippen molar-refractivity contribution in [1.82, 2.24) is 9.80 Å². The lowest BCUT2D eigenvalue weighted by atomic mass is 10.00. The van der Waals surface area contributed by atoms with Crippen LogP contribution in [0.3, 0.4) is 0 Å². The second-order valence-electron chi connectivity index (χ2n) is 6.87. The van der Waals surface area contributed by atoms with E-state index in [1.807, 2.05) is 0 Å². The predicted molar refractivity (Wildman–Crippen MR) is 97.9 cm³/mol. The number of ketones is 1. The van der Waals surface area contributed by atoms with Crippen LogP contribution in [0.2, 0.25) is 0 Å². The van der Waals surface area contributed by atoms with Crippen molar-refractivity contribution in [3.63, 3.8) is 0 Å². The van der Waals surface area contributed by atoms with Crippen LogP contribution in [0, 0.1) is 6.92 Å². The molecule has 1 amide bonds. The Morgan fingerprint density at radius 2 is 2.00 bits per heavy atom. The van der Waals surface area contributed by atoms with Gasteiger partial charge in [-0.15, -0.1) is 0 Å². The zero-order valence-electron chi connectivity index (χ0n) is 15.6.